The first-order valence-electron chi connectivity index (χ1n) is 5.99. The largest absolute Gasteiger partial charge is 0.0827 e. The molecule has 0 nitrogen and oxygen atoms in total. The van der Waals surface area contributed by atoms with Crippen molar-refractivity contribution in [1.82, 2.24) is 0 Å². The molecule has 1 aliphatic rings. The maximum Gasteiger partial charge on any atom is 0.0598 e. The highest BCUT2D eigenvalue weighted by molar-refractivity contribution is 6.42. The molecule has 2 heteroatoms. The zero-order valence-electron chi connectivity index (χ0n) is 9.79. The topological polar surface area (TPSA) is 0 Å². The van der Waals surface area contributed by atoms with E-state index in [0.717, 1.165) is 18.4 Å². The van der Waals surface area contributed by atoms with E-state index in [4.69, 9.17) is 23.2 Å². The Morgan fingerprint density at radius 1 is 0.889 bits per heavy atom. The molecule has 2 aromatic carbocycles. The average Bonchev–Trinajstić information content (AvgIpc) is 2.41. The van der Waals surface area contributed by atoms with E-state index >= 15 is 0 Å². The van der Waals surface area contributed by atoms with Gasteiger partial charge in [0.1, 0.15) is 0 Å². The van der Waals surface area contributed by atoms with Crippen molar-refractivity contribution in [3.8, 4) is 0 Å². The van der Waals surface area contributed by atoms with Crippen molar-refractivity contribution in [3.05, 3.63) is 75.3 Å². The Balaban J connectivity index is 2.12. The molecule has 0 radical (unpaired) electrons. The van der Waals surface area contributed by atoms with E-state index in [1.165, 1.54) is 16.7 Å². The second kappa shape index (κ2) is 4.79. The van der Waals surface area contributed by atoms with Crippen molar-refractivity contribution < 1.29 is 0 Å². The minimum Gasteiger partial charge on any atom is -0.0827 e. The van der Waals surface area contributed by atoms with E-state index in [0.29, 0.717) is 10.0 Å². The van der Waals surface area contributed by atoms with Gasteiger partial charge in [-0.3, -0.25) is 0 Å². The molecule has 0 fully saturated rings. The van der Waals surface area contributed by atoms with Crippen LogP contribution in [0.3, 0.4) is 0 Å². The summed E-state index contributed by atoms with van der Waals surface area (Å²) in [4.78, 5) is 0. The Labute approximate surface area is 117 Å². The third-order valence-corrected chi connectivity index (χ3v) is 4.04. The van der Waals surface area contributed by atoms with Crippen LogP contribution in [-0.2, 0) is 6.42 Å². The highest BCUT2D eigenvalue weighted by Gasteiger charge is 2.14. The van der Waals surface area contributed by atoms with Crippen LogP contribution < -0.4 is 0 Å². The van der Waals surface area contributed by atoms with Gasteiger partial charge in [0.2, 0.25) is 0 Å². The predicted octanol–water partition coefficient (Wildman–Crippen LogP) is 5.37. The van der Waals surface area contributed by atoms with Crippen LogP contribution in [0.4, 0.5) is 0 Å². The first kappa shape index (κ1) is 11.8. The second-order valence-corrected chi connectivity index (χ2v) is 5.26. The van der Waals surface area contributed by atoms with Crippen molar-refractivity contribution in [2.45, 2.75) is 12.8 Å². The number of hydrogen-bond donors (Lipinski definition) is 0. The monoisotopic (exact) mass is 274 g/mol. The molecule has 0 aliphatic heterocycles. The fraction of sp³-hybridized carbons (Fsp3) is 0.125. The molecule has 1 aliphatic carbocycles. The van der Waals surface area contributed by atoms with Crippen LogP contribution in [0.5, 0.6) is 0 Å². The Bertz CT molecular complexity index is 627. The molecule has 0 atom stereocenters. The lowest BCUT2D eigenvalue weighted by atomic mass is 9.87. The van der Waals surface area contributed by atoms with Gasteiger partial charge in [-0.1, -0.05) is 59.6 Å². The molecule has 0 N–H and O–H groups in total. The molecule has 0 heterocycles. The highest BCUT2D eigenvalue weighted by atomic mass is 35.5. The van der Waals surface area contributed by atoms with Gasteiger partial charge in [-0.15, -0.1) is 0 Å². The van der Waals surface area contributed by atoms with Gasteiger partial charge in [0.05, 0.1) is 10.0 Å². The van der Waals surface area contributed by atoms with E-state index in [1.807, 2.05) is 18.2 Å². The standard InChI is InChI=1S/C16H12Cl2/c17-15-9-8-12(10-16(15)18)14-7-3-5-11-4-1-2-6-13(11)14/h1-2,4,6-10H,3,5H2. The molecule has 0 unspecified atom stereocenters. The van der Waals surface area contributed by atoms with Gasteiger partial charge in [0.25, 0.3) is 0 Å². The minimum absolute atomic E-state index is 0.602. The summed E-state index contributed by atoms with van der Waals surface area (Å²) in [6, 6.07) is 14.4. The maximum absolute atomic E-state index is 6.10. The van der Waals surface area contributed by atoms with E-state index in [1.54, 1.807) is 0 Å². The molecule has 18 heavy (non-hydrogen) atoms. The Hall–Kier alpha value is -1.24. The summed E-state index contributed by atoms with van der Waals surface area (Å²) in [7, 11) is 0. The van der Waals surface area contributed by atoms with Crippen LogP contribution in [0.25, 0.3) is 5.57 Å². The Morgan fingerprint density at radius 2 is 1.72 bits per heavy atom. The molecule has 0 bridgehead atoms. The van der Waals surface area contributed by atoms with E-state index in [2.05, 4.69) is 30.3 Å². The summed E-state index contributed by atoms with van der Waals surface area (Å²) in [5, 5.41) is 1.21. The summed E-state index contributed by atoms with van der Waals surface area (Å²) in [5.41, 5.74) is 5.11. The predicted molar refractivity (Wildman–Crippen MR) is 78.3 cm³/mol. The lowest BCUT2D eigenvalue weighted by molar-refractivity contribution is 0.978. The fourth-order valence-electron chi connectivity index (χ4n) is 2.42. The van der Waals surface area contributed by atoms with Gasteiger partial charge >= 0.3 is 0 Å². The molecule has 0 spiro atoms. The van der Waals surface area contributed by atoms with Gasteiger partial charge in [0.15, 0.2) is 0 Å². The van der Waals surface area contributed by atoms with Crippen molar-refractivity contribution >= 4 is 28.8 Å². The lowest BCUT2D eigenvalue weighted by Crippen LogP contribution is -2.00. The summed E-state index contributed by atoms with van der Waals surface area (Å²) < 4.78 is 0. The first-order valence-corrected chi connectivity index (χ1v) is 6.75. The Morgan fingerprint density at radius 3 is 2.56 bits per heavy atom. The van der Waals surface area contributed by atoms with Crippen LogP contribution >= 0.6 is 23.2 Å². The zero-order valence-corrected chi connectivity index (χ0v) is 11.3. The number of aryl methyl sites for hydroxylation is 1. The summed E-state index contributed by atoms with van der Waals surface area (Å²) in [6.45, 7) is 0. The molecule has 0 saturated carbocycles. The highest BCUT2D eigenvalue weighted by Crippen LogP contribution is 2.34. The molecule has 3 rings (SSSR count). The number of allylic oxidation sites excluding steroid dienone is 1. The van der Waals surface area contributed by atoms with Gasteiger partial charge in [0, 0.05) is 0 Å². The van der Waals surface area contributed by atoms with Gasteiger partial charge in [-0.25, -0.2) is 0 Å². The molecular formula is C16H12Cl2. The molecule has 0 aromatic heterocycles. The van der Waals surface area contributed by atoms with Crippen LogP contribution in [0.15, 0.2) is 48.5 Å². The van der Waals surface area contributed by atoms with Crippen LogP contribution in [0.2, 0.25) is 10.0 Å². The first-order chi connectivity index (χ1) is 8.75. The third-order valence-electron chi connectivity index (χ3n) is 3.30. The SMILES string of the molecule is Clc1ccc(C2=CCCc3ccccc32)cc1Cl. The third kappa shape index (κ3) is 2.07. The summed E-state index contributed by atoms with van der Waals surface area (Å²) in [6.07, 6.45) is 4.47. The number of fused-ring (bicyclic) bond motifs is 1. The van der Waals surface area contributed by atoms with Crippen molar-refractivity contribution in [3.63, 3.8) is 0 Å². The van der Waals surface area contributed by atoms with Gasteiger partial charge in [-0.2, -0.15) is 0 Å². The van der Waals surface area contributed by atoms with E-state index in [-0.39, 0.29) is 0 Å². The molecule has 90 valence electrons. The molecule has 2 aromatic rings. The Kier molecular flexibility index (Phi) is 3.15. The van der Waals surface area contributed by atoms with Crippen molar-refractivity contribution in [1.29, 1.82) is 0 Å². The van der Waals surface area contributed by atoms with Crippen LogP contribution in [-0.4, -0.2) is 0 Å². The number of rotatable bonds is 1. The number of halogens is 2. The summed E-state index contributed by atoms with van der Waals surface area (Å²) in [5.74, 6) is 0. The van der Waals surface area contributed by atoms with E-state index < -0.39 is 0 Å². The van der Waals surface area contributed by atoms with Crippen LogP contribution in [0, 0.1) is 0 Å². The van der Waals surface area contributed by atoms with Gasteiger partial charge in [-0.05, 0) is 47.2 Å². The fourth-order valence-corrected chi connectivity index (χ4v) is 2.72. The quantitative estimate of drug-likeness (QED) is 0.656. The second-order valence-electron chi connectivity index (χ2n) is 4.44. The number of benzene rings is 2. The van der Waals surface area contributed by atoms with Crippen LogP contribution in [0.1, 0.15) is 23.1 Å². The van der Waals surface area contributed by atoms with Gasteiger partial charge < -0.3 is 0 Å². The van der Waals surface area contributed by atoms with Crippen molar-refractivity contribution in [2.24, 2.45) is 0 Å². The molecular weight excluding hydrogens is 263 g/mol. The minimum atomic E-state index is 0.602. The average molecular weight is 275 g/mol. The lowest BCUT2D eigenvalue weighted by Gasteiger charge is -2.18. The number of hydrogen-bond acceptors (Lipinski definition) is 0. The van der Waals surface area contributed by atoms with E-state index in [9.17, 15) is 0 Å². The molecule has 0 amide bonds. The normalized spacial score (nSPS) is 14.0. The smallest absolute Gasteiger partial charge is 0.0598 e. The maximum atomic E-state index is 6.10. The molecule has 0 saturated heterocycles. The summed E-state index contributed by atoms with van der Waals surface area (Å²) >= 11 is 12.1. The van der Waals surface area contributed by atoms with Crippen molar-refractivity contribution in [2.75, 3.05) is 0 Å². The zero-order chi connectivity index (χ0) is 12.5.